The van der Waals surface area contributed by atoms with Crippen molar-refractivity contribution in [2.45, 2.75) is 25.0 Å². The van der Waals surface area contributed by atoms with E-state index in [4.69, 9.17) is 14.2 Å². The number of methoxy groups -OCH3 is 2. The summed E-state index contributed by atoms with van der Waals surface area (Å²) < 4.78 is 16.2. The van der Waals surface area contributed by atoms with Crippen molar-refractivity contribution in [3.63, 3.8) is 0 Å². The number of hydrogen-bond acceptors (Lipinski definition) is 5. The van der Waals surface area contributed by atoms with Crippen LogP contribution in [0, 0.1) is 5.41 Å². The molecule has 0 spiro atoms. The van der Waals surface area contributed by atoms with Crippen LogP contribution in [0.25, 0.3) is 0 Å². The van der Waals surface area contributed by atoms with Gasteiger partial charge in [0.05, 0.1) is 18.3 Å². The summed E-state index contributed by atoms with van der Waals surface area (Å²) in [4.78, 5) is 25.3. The highest BCUT2D eigenvalue weighted by Crippen LogP contribution is 2.59. The molecule has 20 heavy (non-hydrogen) atoms. The molecular formula is C15H16O5. The first-order valence-electron chi connectivity index (χ1n) is 6.45. The van der Waals surface area contributed by atoms with Crippen LogP contribution in [0.3, 0.4) is 0 Å². The molecule has 1 aromatic carbocycles. The molecule has 1 saturated carbocycles. The van der Waals surface area contributed by atoms with Crippen LogP contribution >= 0.6 is 0 Å². The van der Waals surface area contributed by atoms with Crippen LogP contribution in [0.15, 0.2) is 24.3 Å². The van der Waals surface area contributed by atoms with E-state index in [1.807, 2.05) is 0 Å². The van der Waals surface area contributed by atoms with Crippen molar-refractivity contribution in [3.05, 3.63) is 29.8 Å². The van der Waals surface area contributed by atoms with Crippen LogP contribution < -0.4 is 4.74 Å². The van der Waals surface area contributed by atoms with Gasteiger partial charge in [-0.1, -0.05) is 12.1 Å². The number of para-hydroxylation sites is 1. The number of esters is 1. The van der Waals surface area contributed by atoms with Crippen molar-refractivity contribution in [3.8, 4) is 5.75 Å². The van der Waals surface area contributed by atoms with Crippen LogP contribution in [0.1, 0.15) is 23.7 Å². The van der Waals surface area contributed by atoms with Crippen molar-refractivity contribution in [2.75, 3.05) is 14.2 Å². The SMILES string of the molecule is COC(=O)C12C(=O)c3ccccc3OC1CC2(C)OC. The van der Waals surface area contributed by atoms with Gasteiger partial charge in [-0.15, -0.1) is 0 Å². The Labute approximate surface area is 116 Å². The monoisotopic (exact) mass is 276 g/mol. The summed E-state index contributed by atoms with van der Waals surface area (Å²) >= 11 is 0. The van der Waals surface area contributed by atoms with Gasteiger partial charge in [0.1, 0.15) is 11.9 Å². The molecule has 2 aliphatic rings. The summed E-state index contributed by atoms with van der Waals surface area (Å²) in [6, 6.07) is 6.93. The van der Waals surface area contributed by atoms with Crippen LogP contribution in [0.5, 0.6) is 5.75 Å². The van der Waals surface area contributed by atoms with Gasteiger partial charge in [-0.25, -0.2) is 0 Å². The summed E-state index contributed by atoms with van der Waals surface area (Å²) in [6.07, 6.45) is -0.0686. The molecular weight excluding hydrogens is 260 g/mol. The van der Waals surface area contributed by atoms with Crippen molar-refractivity contribution in [1.29, 1.82) is 0 Å². The van der Waals surface area contributed by atoms with Gasteiger partial charge in [-0.3, -0.25) is 9.59 Å². The first kappa shape index (κ1) is 13.1. The molecule has 1 aliphatic heterocycles. The highest BCUT2D eigenvalue weighted by Gasteiger charge is 2.76. The van der Waals surface area contributed by atoms with Crippen molar-refractivity contribution < 1.29 is 23.8 Å². The predicted molar refractivity (Wildman–Crippen MR) is 69.7 cm³/mol. The zero-order valence-electron chi connectivity index (χ0n) is 11.6. The number of rotatable bonds is 2. The summed E-state index contributed by atoms with van der Waals surface area (Å²) in [5.74, 6) is -0.371. The van der Waals surface area contributed by atoms with Crippen LogP contribution in [-0.4, -0.2) is 37.7 Å². The fourth-order valence-corrected chi connectivity index (χ4v) is 3.36. The fraction of sp³-hybridized carbons (Fsp3) is 0.467. The number of Topliss-reactive ketones (excluding diaryl/α,β-unsaturated/α-hetero) is 1. The van der Waals surface area contributed by atoms with Crippen molar-refractivity contribution in [2.24, 2.45) is 5.41 Å². The fourth-order valence-electron chi connectivity index (χ4n) is 3.36. The van der Waals surface area contributed by atoms with E-state index in [0.717, 1.165) is 0 Å². The van der Waals surface area contributed by atoms with E-state index in [9.17, 15) is 9.59 Å². The minimum absolute atomic E-state index is 0.285. The summed E-state index contributed by atoms with van der Waals surface area (Å²) in [5.41, 5.74) is -1.92. The number of fused-ring (bicyclic) bond motifs is 2. The Morgan fingerprint density at radius 2 is 2.05 bits per heavy atom. The van der Waals surface area contributed by atoms with Crippen molar-refractivity contribution >= 4 is 11.8 Å². The molecule has 106 valence electrons. The number of hydrogen-bond donors (Lipinski definition) is 0. The third-order valence-electron chi connectivity index (χ3n) is 4.61. The lowest BCUT2D eigenvalue weighted by Gasteiger charge is -2.59. The van der Waals surface area contributed by atoms with Crippen LogP contribution in [0.2, 0.25) is 0 Å². The Morgan fingerprint density at radius 3 is 2.70 bits per heavy atom. The lowest BCUT2D eigenvalue weighted by Crippen LogP contribution is -2.76. The second kappa shape index (κ2) is 4.06. The average molecular weight is 276 g/mol. The Balaban J connectivity index is 2.19. The number of ether oxygens (including phenoxy) is 3. The first-order valence-corrected chi connectivity index (χ1v) is 6.45. The second-order valence-corrected chi connectivity index (χ2v) is 5.37. The van der Waals surface area contributed by atoms with E-state index in [-0.39, 0.29) is 5.78 Å². The molecule has 5 nitrogen and oxygen atoms in total. The highest BCUT2D eigenvalue weighted by molar-refractivity contribution is 6.17. The van der Waals surface area contributed by atoms with E-state index >= 15 is 0 Å². The zero-order chi connectivity index (χ0) is 14.5. The van der Waals surface area contributed by atoms with Gasteiger partial charge in [0.25, 0.3) is 0 Å². The van der Waals surface area contributed by atoms with Gasteiger partial charge < -0.3 is 14.2 Å². The van der Waals surface area contributed by atoms with Gasteiger partial charge in [-0.2, -0.15) is 0 Å². The Morgan fingerprint density at radius 1 is 1.35 bits per heavy atom. The Hall–Kier alpha value is -1.88. The van der Waals surface area contributed by atoms with Crippen LogP contribution in [-0.2, 0) is 14.3 Å². The van der Waals surface area contributed by atoms with Gasteiger partial charge in [0.2, 0.25) is 0 Å². The molecule has 0 amide bonds. The smallest absolute Gasteiger partial charge is 0.326 e. The van der Waals surface area contributed by atoms with Gasteiger partial charge in [0, 0.05) is 13.5 Å². The number of benzene rings is 1. The van der Waals surface area contributed by atoms with E-state index in [0.29, 0.717) is 17.7 Å². The van der Waals surface area contributed by atoms with Gasteiger partial charge in [0.15, 0.2) is 11.2 Å². The van der Waals surface area contributed by atoms with Gasteiger partial charge >= 0.3 is 5.97 Å². The average Bonchev–Trinajstić information content (AvgIpc) is 2.46. The molecule has 0 N–H and O–H groups in total. The first-order chi connectivity index (χ1) is 9.51. The van der Waals surface area contributed by atoms with Gasteiger partial charge in [-0.05, 0) is 19.1 Å². The third-order valence-corrected chi connectivity index (χ3v) is 4.61. The normalized spacial score (nSPS) is 34.4. The molecule has 3 rings (SSSR count). The lowest BCUT2D eigenvalue weighted by molar-refractivity contribution is -0.227. The zero-order valence-corrected chi connectivity index (χ0v) is 11.6. The number of carbonyl (C=O) groups excluding carboxylic acids is 2. The highest BCUT2D eigenvalue weighted by atomic mass is 16.6. The molecule has 1 fully saturated rings. The van der Waals surface area contributed by atoms with Crippen LogP contribution in [0.4, 0.5) is 0 Å². The van der Waals surface area contributed by atoms with E-state index in [2.05, 4.69) is 0 Å². The maximum absolute atomic E-state index is 12.9. The molecule has 0 aromatic heterocycles. The number of ketones is 1. The third kappa shape index (κ3) is 1.26. The lowest BCUT2D eigenvalue weighted by atomic mass is 9.51. The molecule has 1 aliphatic carbocycles. The standard InChI is InChI=1S/C15H16O5/c1-14(19-3)8-11-15(14,13(17)18-2)12(16)9-6-4-5-7-10(9)20-11/h4-7,11H,8H2,1-3H3. The molecule has 3 unspecified atom stereocenters. The van der Waals surface area contributed by atoms with E-state index in [1.54, 1.807) is 31.2 Å². The Kier molecular flexibility index (Phi) is 2.66. The molecule has 0 bridgehead atoms. The van der Waals surface area contributed by atoms with Crippen molar-refractivity contribution in [1.82, 2.24) is 0 Å². The molecule has 1 aromatic rings. The van der Waals surface area contributed by atoms with E-state index in [1.165, 1.54) is 14.2 Å². The predicted octanol–water partition coefficient (Wildman–Crippen LogP) is 1.60. The Bertz CT molecular complexity index is 596. The summed E-state index contributed by atoms with van der Waals surface area (Å²) in [7, 11) is 2.77. The quantitative estimate of drug-likeness (QED) is 0.606. The second-order valence-electron chi connectivity index (χ2n) is 5.37. The maximum atomic E-state index is 12.9. The topological polar surface area (TPSA) is 61.8 Å². The maximum Gasteiger partial charge on any atom is 0.326 e. The number of carbonyl (C=O) groups is 2. The largest absolute Gasteiger partial charge is 0.488 e. The molecule has 0 radical (unpaired) electrons. The minimum atomic E-state index is -1.41. The minimum Gasteiger partial charge on any atom is -0.488 e. The molecule has 0 saturated heterocycles. The van der Waals surface area contributed by atoms with E-state index < -0.39 is 23.1 Å². The molecule has 1 heterocycles. The molecule has 3 atom stereocenters. The summed E-state index contributed by atoms with van der Waals surface area (Å²) in [5, 5.41) is 0. The summed E-state index contributed by atoms with van der Waals surface area (Å²) in [6.45, 7) is 1.75. The molecule has 5 heteroatoms.